The SMILES string of the molecule is N=C1N=NC(C(=O)O)CS1. The van der Waals surface area contributed by atoms with Gasteiger partial charge >= 0.3 is 5.97 Å². The van der Waals surface area contributed by atoms with Crippen molar-refractivity contribution in [3.05, 3.63) is 0 Å². The van der Waals surface area contributed by atoms with Crippen LogP contribution in [-0.4, -0.2) is 28.0 Å². The summed E-state index contributed by atoms with van der Waals surface area (Å²) in [7, 11) is 0. The van der Waals surface area contributed by atoms with Crippen molar-refractivity contribution >= 4 is 22.9 Å². The number of nitrogens with zero attached hydrogens (tertiary/aromatic N) is 2. The summed E-state index contributed by atoms with van der Waals surface area (Å²) >= 11 is 1.10. The Bertz CT molecular complexity index is 203. The van der Waals surface area contributed by atoms with Gasteiger partial charge in [0, 0.05) is 5.75 Å². The highest BCUT2D eigenvalue weighted by Crippen LogP contribution is 2.14. The molecule has 1 aliphatic rings. The van der Waals surface area contributed by atoms with Crippen molar-refractivity contribution in [1.29, 1.82) is 5.41 Å². The van der Waals surface area contributed by atoms with Gasteiger partial charge in [-0.3, -0.25) is 5.41 Å². The molecule has 1 unspecified atom stereocenters. The van der Waals surface area contributed by atoms with Crippen LogP contribution in [0.1, 0.15) is 0 Å². The lowest BCUT2D eigenvalue weighted by Gasteiger charge is -2.08. The number of thioether (sulfide) groups is 1. The van der Waals surface area contributed by atoms with E-state index in [1.165, 1.54) is 0 Å². The largest absolute Gasteiger partial charge is 0.480 e. The molecule has 54 valence electrons. The van der Waals surface area contributed by atoms with Crippen LogP contribution in [0.25, 0.3) is 0 Å². The molecule has 0 aromatic heterocycles. The fraction of sp³-hybridized carbons (Fsp3) is 0.500. The van der Waals surface area contributed by atoms with Gasteiger partial charge in [0.15, 0.2) is 6.04 Å². The van der Waals surface area contributed by atoms with Crippen molar-refractivity contribution in [2.24, 2.45) is 10.2 Å². The van der Waals surface area contributed by atoms with Crippen molar-refractivity contribution in [2.45, 2.75) is 6.04 Å². The third kappa shape index (κ3) is 1.53. The van der Waals surface area contributed by atoms with Gasteiger partial charge in [0.1, 0.15) is 0 Å². The summed E-state index contributed by atoms with van der Waals surface area (Å²) in [6.07, 6.45) is 0. The molecule has 10 heavy (non-hydrogen) atoms. The lowest BCUT2D eigenvalue weighted by molar-refractivity contribution is -0.137. The third-order valence-corrected chi connectivity index (χ3v) is 1.79. The zero-order valence-corrected chi connectivity index (χ0v) is 5.76. The number of amidine groups is 1. The first-order valence-corrected chi connectivity index (χ1v) is 3.53. The first kappa shape index (κ1) is 7.20. The van der Waals surface area contributed by atoms with Gasteiger partial charge in [-0.05, 0) is 0 Å². The number of rotatable bonds is 1. The van der Waals surface area contributed by atoms with Crippen LogP contribution in [0, 0.1) is 5.41 Å². The molecular weight excluding hydrogens is 154 g/mol. The van der Waals surface area contributed by atoms with E-state index in [1.54, 1.807) is 0 Å². The molecule has 0 aliphatic carbocycles. The van der Waals surface area contributed by atoms with Crippen molar-refractivity contribution in [1.82, 2.24) is 0 Å². The predicted molar refractivity (Wildman–Crippen MR) is 36.5 cm³/mol. The minimum Gasteiger partial charge on any atom is -0.480 e. The summed E-state index contributed by atoms with van der Waals surface area (Å²) in [5, 5.41) is 22.1. The summed E-state index contributed by atoms with van der Waals surface area (Å²) < 4.78 is 0. The zero-order chi connectivity index (χ0) is 7.56. The lowest BCUT2D eigenvalue weighted by Crippen LogP contribution is -2.23. The van der Waals surface area contributed by atoms with Crippen molar-refractivity contribution in [3.8, 4) is 0 Å². The second-order valence-electron chi connectivity index (χ2n) is 1.69. The Labute approximate surface area is 61.0 Å². The highest BCUT2D eigenvalue weighted by molar-refractivity contribution is 8.13. The van der Waals surface area contributed by atoms with Crippen LogP contribution < -0.4 is 0 Å². The summed E-state index contributed by atoms with van der Waals surface area (Å²) in [4.78, 5) is 10.2. The van der Waals surface area contributed by atoms with Crippen LogP contribution in [-0.2, 0) is 4.79 Å². The molecule has 0 fully saturated rings. The molecule has 5 nitrogen and oxygen atoms in total. The molecule has 0 bridgehead atoms. The van der Waals surface area contributed by atoms with Crippen molar-refractivity contribution in [2.75, 3.05) is 5.75 Å². The van der Waals surface area contributed by atoms with Crippen LogP contribution in [0.15, 0.2) is 10.2 Å². The van der Waals surface area contributed by atoms with Crippen LogP contribution in [0.4, 0.5) is 0 Å². The standard InChI is InChI=1S/C4H5N3O2S/c5-4-7-6-2(1-10-4)3(8)9/h2,5H,1H2,(H,8,9). The molecule has 1 heterocycles. The summed E-state index contributed by atoms with van der Waals surface area (Å²) in [6, 6.07) is -0.765. The third-order valence-electron chi connectivity index (χ3n) is 0.951. The molecule has 0 spiro atoms. The van der Waals surface area contributed by atoms with E-state index in [9.17, 15) is 4.79 Å². The highest BCUT2D eigenvalue weighted by atomic mass is 32.2. The van der Waals surface area contributed by atoms with Gasteiger partial charge in [0.05, 0.1) is 0 Å². The highest BCUT2D eigenvalue weighted by Gasteiger charge is 2.20. The Morgan fingerprint density at radius 3 is 3.00 bits per heavy atom. The molecule has 0 aromatic rings. The zero-order valence-electron chi connectivity index (χ0n) is 4.94. The van der Waals surface area contributed by atoms with Gasteiger partial charge in [0.2, 0.25) is 5.17 Å². The minimum absolute atomic E-state index is 0.0810. The molecule has 2 N–H and O–H groups in total. The maximum Gasteiger partial charge on any atom is 0.331 e. The maximum absolute atomic E-state index is 10.2. The van der Waals surface area contributed by atoms with Crippen LogP contribution >= 0.6 is 11.8 Å². The van der Waals surface area contributed by atoms with E-state index in [-0.39, 0.29) is 5.17 Å². The van der Waals surface area contributed by atoms with E-state index in [1.807, 2.05) is 0 Å². The number of azo groups is 1. The molecule has 0 amide bonds. The molecule has 0 aromatic carbocycles. The summed E-state index contributed by atoms with van der Waals surface area (Å²) in [5.41, 5.74) is 0. The van der Waals surface area contributed by atoms with E-state index < -0.39 is 12.0 Å². The van der Waals surface area contributed by atoms with Gasteiger partial charge in [-0.15, -0.1) is 5.11 Å². The molecule has 0 saturated carbocycles. The second kappa shape index (κ2) is 2.78. The average molecular weight is 159 g/mol. The number of hydrogen-bond acceptors (Lipinski definition) is 4. The van der Waals surface area contributed by atoms with Gasteiger partial charge < -0.3 is 5.11 Å². The van der Waals surface area contributed by atoms with E-state index in [2.05, 4.69) is 10.2 Å². The quantitative estimate of drug-likeness (QED) is 0.586. The molecule has 0 saturated heterocycles. The number of hydrogen-bond donors (Lipinski definition) is 2. The number of carboxylic acid groups (broad SMARTS) is 1. The predicted octanol–water partition coefficient (Wildman–Crippen LogP) is 0.573. The van der Waals surface area contributed by atoms with Gasteiger partial charge in [-0.2, -0.15) is 5.11 Å². The molecule has 1 aliphatic heterocycles. The average Bonchev–Trinajstić information content (AvgIpc) is 1.88. The maximum atomic E-state index is 10.2. The Morgan fingerprint density at radius 2 is 2.60 bits per heavy atom. The summed E-state index contributed by atoms with van der Waals surface area (Å²) in [5.74, 6) is -0.666. The van der Waals surface area contributed by atoms with E-state index >= 15 is 0 Å². The number of carbonyl (C=O) groups is 1. The number of aliphatic carboxylic acids is 1. The molecular formula is C4H5N3O2S. The minimum atomic E-state index is -0.983. The fourth-order valence-corrected chi connectivity index (χ4v) is 1.09. The lowest BCUT2D eigenvalue weighted by atomic mass is 10.4. The Hall–Kier alpha value is -0.910. The first-order chi connectivity index (χ1) is 4.70. The Kier molecular flexibility index (Phi) is 2.00. The Morgan fingerprint density at radius 1 is 1.90 bits per heavy atom. The summed E-state index contributed by atoms with van der Waals surface area (Å²) in [6.45, 7) is 0. The van der Waals surface area contributed by atoms with E-state index in [0.717, 1.165) is 11.8 Å². The second-order valence-corrected chi connectivity index (χ2v) is 2.69. The molecule has 6 heteroatoms. The van der Waals surface area contributed by atoms with Crippen molar-refractivity contribution < 1.29 is 9.90 Å². The smallest absolute Gasteiger partial charge is 0.331 e. The topological polar surface area (TPSA) is 85.9 Å². The van der Waals surface area contributed by atoms with E-state index in [4.69, 9.17) is 10.5 Å². The normalized spacial score (nSPS) is 24.8. The first-order valence-electron chi connectivity index (χ1n) is 2.55. The fourth-order valence-electron chi connectivity index (χ4n) is 0.463. The molecule has 1 rings (SSSR count). The van der Waals surface area contributed by atoms with Crippen LogP contribution in [0.5, 0.6) is 0 Å². The van der Waals surface area contributed by atoms with Gasteiger partial charge in [-0.25, -0.2) is 4.79 Å². The molecule has 1 atom stereocenters. The number of carboxylic acids is 1. The Balaban J connectivity index is 2.61. The van der Waals surface area contributed by atoms with Crippen molar-refractivity contribution in [3.63, 3.8) is 0 Å². The molecule has 0 radical (unpaired) electrons. The monoisotopic (exact) mass is 159 g/mol. The van der Waals surface area contributed by atoms with Gasteiger partial charge in [-0.1, -0.05) is 11.8 Å². The van der Waals surface area contributed by atoms with Crippen LogP contribution in [0.3, 0.4) is 0 Å². The van der Waals surface area contributed by atoms with Gasteiger partial charge in [0.25, 0.3) is 0 Å². The van der Waals surface area contributed by atoms with Crippen LogP contribution in [0.2, 0.25) is 0 Å². The number of nitrogens with one attached hydrogen (secondary N) is 1. The van der Waals surface area contributed by atoms with E-state index in [0.29, 0.717) is 5.75 Å².